The summed E-state index contributed by atoms with van der Waals surface area (Å²) in [4.78, 5) is 12.2. The van der Waals surface area contributed by atoms with Crippen LogP contribution in [0.25, 0.3) is 0 Å². The van der Waals surface area contributed by atoms with Crippen LogP contribution in [-0.2, 0) is 11.2 Å². The zero-order valence-electron chi connectivity index (χ0n) is 13.1. The van der Waals surface area contributed by atoms with Crippen molar-refractivity contribution in [2.75, 3.05) is 19.5 Å². The monoisotopic (exact) mass is 299 g/mol. The summed E-state index contributed by atoms with van der Waals surface area (Å²) in [5, 5.41) is 2.92. The molecule has 0 saturated heterocycles. The predicted molar refractivity (Wildman–Crippen MR) is 87.5 cm³/mol. The van der Waals surface area contributed by atoms with E-state index in [2.05, 4.69) is 5.32 Å². The van der Waals surface area contributed by atoms with E-state index in [0.29, 0.717) is 17.9 Å². The van der Waals surface area contributed by atoms with Crippen LogP contribution >= 0.6 is 0 Å². The predicted octanol–water partition coefficient (Wildman–Crippen LogP) is 3.52. The third-order valence-corrected chi connectivity index (χ3v) is 3.48. The number of para-hydroxylation sites is 1. The molecule has 0 saturated carbocycles. The second kappa shape index (κ2) is 7.50. The molecule has 0 aliphatic heterocycles. The second-order valence-corrected chi connectivity index (χ2v) is 5.15. The molecule has 2 aromatic rings. The average Bonchev–Trinajstić information content (AvgIpc) is 2.55. The van der Waals surface area contributed by atoms with E-state index in [1.165, 1.54) is 0 Å². The number of carbonyl (C=O) groups excluding carboxylic acids is 1. The number of methoxy groups -OCH3 is 2. The van der Waals surface area contributed by atoms with Gasteiger partial charge in [0.25, 0.3) is 0 Å². The SMILES string of the molecule is COc1ccc(CC(C)C(=O)Nc2ccccc2)cc1OC. The van der Waals surface area contributed by atoms with E-state index < -0.39 is 0 Å². The fourth-order valence-corrected chi connectivity index (χ4v) is 2.24. The molecule has 0 bridgehead atoms. The van der Waals surface area contributed by atoms with Crippen molar-refractivity contribution in [3.05, 3.63) is 54.1 Å². The Morgan fingerprint density at radius 2 is 1.73 bits per heavy atom. The van der Waals surface area contributed by atoms with Crippen molar-refractivity contribution in [2.45, 2.75) is 13.3 Å². The van der Waals surface area contributed by atoms with Crippen molar-refractivity contribution >= 4 is 11.6 Å². The Hall–Kier alpha value is -2.49. The molecule has 22 heavy (non-hydrogen) atoms. The van der Waals surface area contributed by atoms with Crippen LogP contribution < -0.4 is 14.8 Å². The molecule has 0 fully saturated rings. The Kier molecular flexibility index (Phi) is 5.42. The van der Waals surface area contributed by atoms with Gasteiger partial charge in [-0.2, -0.15) is 0 Å². The smallest absolute Gasteiger partial charge is 0.227 e. The lowest BCUT2D eigenvalue weighted by Gasteiger charge is -2.14. The molecule has 0 radical (unpaired) electrons. The Morgan fingerprint density at radius 1 is 1.05 bits per heavy atom. The van der Waals surface area contributed by atoms with Crippen LogP contribution in [0.1, 0.15) is 12.5 Å². The van der Waals surface area contributed by atoms with Crippen LogP contribution in [0, 0.1) is 5.92 Å². The quantitative estimate of drug-likeness (QED) is 0.887. The third kappa shape index (κ3) is 4.01. The number of amides is 1. The average molecular weight is 299 g/mol. The highest BCUT2D eigenvalue weighted by Crippen LogP contribution is 2.28. The summed E-state index contributed by atoms with van der Waals surface area (Å²) < 4.78 is 10.5. The lowest BCUT2D eigenvalue weighted by atomic mass is 10.00. The lowest BCUT2D eigenvalue weighted by Crippen LogP contribution is -2.22. The minimum absolute atomic E-state index is 0.000912. The van der Waals surface area contributed by atoms with E-state index in [1.54, 1.807) is 14.2 Å². The van der Waals surface area contributed by atoms with Crippen molar-refractivity contribution in [3.8, 4) is 11.5 Å². The molecular formula is C18H21NO3. The normalized spacial score (nSPS) is 11.6. The highest BCUT2D eigenvalue weighted by molar-refractivity contribution is 5.92. The van der Waals surface area contributed by atoms with Gasteiger partial charge in [0.1, 0.15) is 0 Å². The minimum atomic E-state index is -0.140. The van der Waals surface area contributed by atoms with Crippen molar-refractivity contribution in [3.63, 3.8) is 0 Å². The van der Waals surface area contributed by atoms with Crippen molar-refractivity contribution < 1.29 is 14.3 Å². The van der Waals surface area contributed by atoms with Gasteiger partial charge < -0.3 is 14.8 Å². The van der Waals surface area contributed by atoms with Crippen LogP contribution in [0.3, 0.4) is 0 Å². The molecule has 1 amide bonds. The second-order valence-electron chi connectivity index (χ2n) is 5.15. The third-order valence-electron chi connectivity index (χ3n) is 3.48. The van der Waals surface area contributed by atoms with E-state index in [4.69, 9.17) is 9.47 Å². The van der Waals surface area contributed by atoms with Crippen LogP contribution in [0.5, 0.6) is 11.5 Å². The maximum absolute atomic E-state index is 12.2. The van der Waals surface area contributed by atoms with Crippen LogP contribution in [0.15, 0.2) is 48.5 Å². The summed E-state index contributed by atoms with van der Waals surface area (Å²) in [6, 6.07) is 15.2. The first-order chi connectivity index (χ1) is 10.6. The van der Waals surface area contributed by atoms with Gasteiger partial charge in [0.2, 0.25) is 5.91 Å². The molecule has 116 valence electrons. The van der Waals surface area contributed by atoms with Gasteiger partial charge in [-0.3, -0.25) is 4.79 Å². The molecule has 0 aliphatic rings. The molecule has 0 aromatic heterocycles. The van der Waals surface area contributed by atoms with Gasteiger partial charge in [0, 0.05) is 11.6 Å². The Bertz CT molecular complexity index is 625. The van der Waals surface area contributed by atoms with Gasteiger partial charge in [-0.25, -0.2) is 0 Å². The highest BCUT2D eigenvalue weighted by Gasteiger charge is 2.15. The van der Waals surface area contributed by atoms with Crippen molar-refractivity contribution in [1.82, 2.24) is 0 Å². The van der Waals surface area contributed by atoms with Crippen LogP contribution in [0.4, 0.5) is 5.69 Å². The summed E-state index contributed by atoms with van der Waals surface area (Å²) in [6.07, 6.45) is 0.638. The molecule has 1 N–H and O–H groups in total. The van der Waals surface area contributed by atoms with Crippen LogP contribution in [-0.4, -0.2) is 20.1 Å². The fourth-order valence-electron chi connectivity index (χ4n) is 2.24. The van der Waals surface area contributed by atoms with Gasteiger partial charge in [-0.05, 0) is 36.2 Å². The molecule has 2 rings (SSSR count). The van der Waals surface area contributed by atoms with E-state index >= 15 is 0 Å². The Morgan fingerprint density at radius 3 is 2.36 bits per heavy atom. The molecule has 2 aromatic carbocycles. The molecular weight excluding hydrogens is 278 g/mol. The number of nitrogens with one attached hydrogen (secondary N) is 1. The topological polar surface area (TPSA) is 47.6 Å². The lowest BCUT2D eigenvalue weighted by molar-refractivity contribution is -0.119. The number of carbonyl (C=O) groups is 1. The first-order valence-corrected chi connectivity index (χ1v) is 7.21. The summed E-state index contributed by atoms with van der Waals surface area (Å²) in [5.74, 6) is 1.22. The molecule has 0 spiro atoms. The van der Waals surface area contributed by atoms with E-state index in [9.17, 15) is 4.79 Å². The summed E-state index contributed by atoms with van der Waals surface area (Å²) in [6.45, 7) is 1.91. The number of benzene rings is 2. The zero-order valence-corrected chi connectivity index (χ0v) is 13.1. The van der Waals surface area contributed by atoms with Gasteiger partial charge in [0.05, 0.1) is 14.2 Å². The maximum Gasteiger partial charge on any atom is 0.227 e. The first kappa shape index (κ1) is 15.9. The van der Waals surface area contributed by atoms with Gasteiger partial charge in [-0.1, -0.05) is 31.2 Å². The molecule has 4 nitrogen and oxygen atoms in total. The largest absolute Gasteiger partial charge is 0.493 e. The number of anilines is 1. The van der Waals surface area contributed by atoms with E-state index in [-0.39, 0.29) is 11.8 Å². The Labute approximate surface area is 131 Å². The minimum Gasteiger partial charge on any atom is -0.493 e. The number of hydrogen-bond donors (Lipinski definition) is 1. The van der Waals surface area contributed by atoms with Gasteiger partial charge in [-0.15, -0.1) is 0 Å². The highest BCUT2D eigenvalue weighted by atomic mass is 16.5. The molecule has 1 unspecified atom stereocenters. The molecule has 1 atom stereocenters. The first-order valence-electron chi connectivity index (χ1n) is 7.21. The molecule has 0 heterocycles. The van der Waals surface area contributed by atoms with Crippen molar-refractivity contribution in [2.24, 2.45) is 5.92 Å². The summed E-state index contributed by atoms with van der Waals surface area (Å²) >= 11 is 0. The number of ether oxygens (including phenoxy) is 2. The molecule has 0 aliphatic carbocycles. The zero-order chi connectivity index (χ0) is 15.9. The summed E-state index contributed by atoms with van der Waals surface area (Å²) in [7, 11) is 3.21. The van der Waals surface area contributed by atoms with Crippen LogP contribution in [0.2, 0.25) is 0 Å². The standard InChI is InChI=1S/C18H21NO3/c1-13(18(20)19-15-7-5-4-6-8-15)11-14-9-10-16(21-2)17(12-14)22-3/h4-10,12-13H,11H2,1-3H3,(H,19,20). The van der Waals surface area contributed by atoms with E-state index in [0.717, 1.165) is 11.3 Å². The maximum atomic E-state index is 12.2. The summed E-state index contributed by atoms with van der Waals surface area (Å²) in [5.41, 5.74) is 1.85. The Balaban J connectivity index is 2.02. The van der Waals surface area contributed by atoms with E-state index in [1.807, 2.05) is 55.5 Å². The van der Waals surface area contributed by atoms with Gasteiger partial charge >= 0.3 is 0 Å². The van der Waals surface area contributed by atoms with Crippen molar-refractivity contribution in [1.29, 1.82) is 0 Å². The van der Waals surface area contributed by atoms with Gasteiger partial charge in [0.15, 0.2) is 11.5 Å². The fraction of sp³-hybridized carbons (Fsp3) is 0.278. The number of rotatable bonds is 6. The number of hydrogen-bond acceptors (Lipinski definition) is 3. The molecule has 4 heteroatoms.